The van der Waals surface area contributed by atoms with Crippen LogP contribution in [0.1, 0.15) is 37.9 Å². The van der Waals surface area contributed by atoms with Gasteiger partial charge in [0.25, 0.3) is 0 Å². The Labute approximate surface area is 190 Å². The van der Waals surface area contributed by atoms with Crippen LogP contribution in [0.2, 0.25) is 0 Å². The van der Waals surface area contributed by atoms with Gasteiger partial charge in [-0.2, -0.15) is 0 Å². The summed E-state index contributed by atoms with van der Waals surface area (Å²) in [6.07, 6.45) is 3.97. The summed E-state index contributed by atoms with van der Waals surface area (Å²) in [6, 6.07) is 13.8. The number of nitrogens with zero attached hydrogens (tertiary/aromatic N) is 2. The number of nitrogens with one attached hydrogen (secondary N) is 2. The lowest BCUT2D eigenvalue weighted by Gasteiger charge is -2.24. The SMILES string of the molecule is CCNC(=NCc1cccc(OCc2ccccn2)c1)NCC1(C)CCCO1.I. The molecule has 1 atom stereocenters. The van der Waals surface area contributed by atoms with E-state index in [4.69, 9.17) is 14.5 Å². The maximum Gasteiger partial charge on any atom is 0.191 e. The van der Waals surface area contributed by atoms with Crippen LogP contribution in [-0.2, 0) is 17.9 Å². The van der Waals surface area contributed by atoms with Gasteiger partial charge in [0, 0.05) is 25.9 Å². The summed E-state index contributed by atoms with van der Waals surface area (Å²) < 4.78 is 11.7. The summed E-state index contributed by atoms with van der Waals surface area (Å²) in [5, 5.41) is 6.71. The molecule has 1 unspecified atom stereocenters. The predicted molar refractivity (Wildman–Crippen MR) is 127 cm³/mol. The normalized spacial score (nSPS) is 18.8. The molecule has 0 aliphatic carbocycles. The summed E-state index contributed by atoms with van der Waals surface area (Å²) in [7, 11) is 0. The van der Waals surface area contributed by atoms with Gasteiger partial charge in [0.15, 0.2) is 5.96 Å². The smallest absolute Gasteiger partial charge is 0.191 e. The second-order valence-corrected chi connectivity index (χ2v) is 7.21. The third-order valence-corrected chi connectivity index (χ3v) is 4.71. The highest BCUT2D eigenvalue weighted by atomic mass is 127. The number of ether oxygens (including phenoxy) is 2. The molecule has 2 aromatic rings. The minimum absolute atomic E-state index is 0. The number of aromatic nitrogens is 1. The van der Waals surface area contributed by atoms with Gasteiger partial charge in [0.2, 0.25) is 0 Å². The van der Waals surface area contributed by atoms with Crippen LogP contribution >= 0.6 is 24.0 Å². The molecule has 2 N–H and O–H groups in total. The van der Waals surface area contributed by atoms with E-state index in [0.717, 1.165) is 55.5 Å². The van der Waals surface area contributed by atoms with Crippen LogP contribution in [0.15, 0.2) is 53.7 Å². The molecule has 0 saturated carbocycles. The summed E-state index contributed by atoms with van der Waals surface area (Å²) in [5.74, 6) is 1.63. The van der Waals surface area contributed by atoms with Gasteiger partial charge in [0.1, 0.15) is 12.4 Å². The Morgan fingerprint density at radius 3 is 2.86 bits per heavy atom. The van der Waals surface area contributed by atoms with Crippen molar-refractivity contribution >= 4 is 29.9 Å². The molecule has 1 fully saturated rings. The fourth-order valence-electron chi connectivity index (χ4n) is 3.13. The van der Waals surface area contributed by atoms with Gasteiger partial charge in [-0.3, -0.25) is 4.98 Å². The number of pyridine rings is 1. The van der Waals surface area contributed by atoms with Crippen molar-refractivity contribution in [3.8, 4) is 5.75 Å². The van der Waals surface area contributed by atoms with E-state index < -0.39 is 0 Å². The van der Waals surface area contributed by atoms with Crippen LogP contribution < -0.4 is 15.4 Å². The zero-order valence-corrected chi connectivity index (χ0v) is 19.5. The molecule has 0 bridgehead atoms. The second-order valence-electron chi connectivity index (χ2n) is 7.21. The first kappa shape index (κ1) is 23.4. The van der Waals surface area contributed by atoms with E-state index in [2.05, 4.69) is 35.5 Å². The van der Waals surface area contributed by atoms with E-state index >= 15 is 0 Å². The molecule has 3 rings (SSSR count). The maximum absolute atomic E-state index is 5.86. The van der Waals surface area contributed by atoms with Crippen LogP contribution in [0.5, 0.6) is 5.75 Å². The van der Waals surface area contributed by atoms with Crippen molar-refractivity contribution in [3.05, 3.63) is 59.9 Å². The molecule has 7 heteroatoms. The Kier molecular flexibility index (Phi) is 9.66. The summed E-state index contributed by atoms with van der Waals surface area (Å²) in [6.45, 7) is 7.67. The zero-order chi connectivity index (χ0) is 19.7. The molecular weight excluding hydrogens is 479 g/mol. The molecule has 158 valence electrons. The molecule has 1 aliphatic rings. The molecule has 0 spiro atoms. The third-order valence-electron chi connectivity index (χ3n) is 4.71. The number of guanidine groups is 1. The number of hydrogen-bond donors (Lipinski definition) is 2. The Balaban J connectivity index is 0.00000300. The molecule has 2 heterocycles. The zero-order valence-electron chi connectivity index (χ0n) is 17.2. The van der Waals surface area contributed by atoms with Gasteiger partial charge in [-0.05, 0) is 56.5 Å². The van der Waals surface area contributed by atoms with Gasteiger partial charge in [-0.25, -0.2) is 4.99 Å². The Hall–Kier alpha value is -1.87. The minimum Gasteiger partial charge on any atom is -0.487 e. The van der Waals surface area contributed by atoms with Crippen LogP contribution in [-0.4, -0.2) is 36.2 Å². The third kappa shape index (κ3) is 7.81. The van der Waals surface area contributed by atoms with Crippen molar-refractivity contribution in [1.82, 2.24) is 15.6 Å². The highest BCUT2D eigenvalue weighted by Gasteiger charge is 2.29. The largest absolute Gasteiger partial charge is 0.487 e. The van der Waals surface area contributed by atoms with Gasteiger partial charge < -0.3 is 20.1 Å². The van der Waals surface area contributed by atoms with E-state index in [9.17, 15) is 0 Å². The van der Waals surface area contributed by atoms with E-state index in [1.165, 1.54) is 0 Å². The average molecular weight is 510 g/mol. The average Bonchev–Trinajstić information content (AvgIpc) is 3.16. The first-order chi connectivity index (χ1) is 13.7. The Morgan fingerprint density at radius 1 is 1.24 bits per heavy atom. The van der Waals surface area contributed by atoms with Crippen molar-refractivity contribution in [2.75, 3.05) is 19.7 Å². The van der Waals surface area contributed by atoms with Crippen molar-refractivity contribution in [3.63, 3.8) is 0 Å². The second kappa shape index (κ2) is 12.0. The number of benzene rings is 1. The van der Waals surface area contributed by atoms with E-state index in [0.29, 0.717) is 13.2 Å². The molecular formula is C22H31IN4O2. The molecule has 0 radical (unpaired) electrons. The van der Waals surface area contributed by atoms with Gasteiger partial charge in [-0.15, -0.1) is 24.0 Å². The van der Waals surface area contributed by atoms with E-state index in [1.54, 1.807) is 6.20 Å². The van der Waals surface area contributed by atoms with E-state index in [1.807, 2.05) is 36.4 Å². The molecule has 1 saturated heterocycles. The highest BCUT2D eigenvalue weighted by molar-refractivity contribution is 14.0. The first-order valence-electron chi connectivity index (χ1n) is 9.95. The topological polar surface area (TPSA) is 67.8 Å². The van der Waals surface area contributed by atoms with E-state index in [-0.39, 0.29) is 29.6 Å². The van der Waals surface area contributed by atoms with Crippen molar-refractivity contribution in [2.45, 2.75) is 45.4 Å². The molecule has 1 aromatic heterocycles. The lowest BCUT2D eigenvalue weighted by molar-refractivity contribution is 0.0243. The number of aliphatic imine (C=N–C) groups is 1. The maximum atomic E-state index is 5.86. The first-order valence-corrected chi connectivity index (χ1v) is 9.95. The summed E-state index contributed by atoms with van der Waals surface area (Å²) >= 11 is 0. The standard InChI is InChI=1S/C22H30N4O2.HI/c1-3-23-21(26-17-22(2)11-7-13-28-22)25-15-18-8-6-10-20(14-18)27-16-19-9-4-5-12-24-19;/h4-6,8-10,12,14H,3,7,11,13,15-17H2,1-2H3,(H2,23,25,26);1H. The number of rotatable bonds is 8. The summed E-state index contributed by atoms with van der Waals surface area (Å²) in [5.41, 5.74) is 1.90. The molecule has 6 nitrogen and oxygen atoms in total. The Bertz CT molecular complexity index is 764. The van der Waals surface area contributed by atoms with Crippen LogP contribution in [0.25, 0.3) is 0 Å². The highest BCUT2D eigenvalue weighted by Crippen LogP contribution is 2.23. The molecule has 1 aliphatic heterocycles. The van der Waals surface area contributed by atoms with Crippen LogP contribution in [0.4, 0.5) is 0 Å². The molecule has 1 aromatic carbocycles. The van der Waals surface area contributed by atoms with Crippen LogP contribution in [0, 0.1) is 0 Å². The minimum atomic E-state index is -0.102. The van der Waals surface area contributed by atoms with Crippen molar-refractivity contribution < 1.29 is 9.47 Å². The predicted octanol–water partition coefficient (Wildman–Crippen LogP) is 3.90. The van der Waals surface area contributed by atoms with Crippen molar-refractivity contribution in [2.24, 2.45) is 4.99 Å². The van der Waals surface area contributed by atoms with Gasteiger partial charge >= 0.3 is 0 Å². The lowest BCUT2D eigenvalue weighted by Crippen LogP contribution is -2.45. The molecule has 0 amide bonds. The van der Waals surface area contributed by atoms with Gasteiger partial charge in [-0.1, -0.05) is 18.2 Å². The van der Waals surface area contributed by atoms with Gasteiger partial charge in [0.05, 0.1) is 17.8 Å². The summed E-state index contributed by atoms with van der Waals surface area (Å²) in [4.78, 5) is 8.99. The fourth-order valence-corrected chi connectivity index (χ4v) is 3.13. The number of hydrogen-bond acceptors (Lipinski definition) is 4. The van der Waals surface area contributed by atoms with Crippen LogP contribution in [0.3, 0.4) is 0 Å². The number of halogens is 1. The monoisotopic (exact) mass is 510 g/mol. The fraction of sp³-hybridized carbons (Fsp3) is 0.455. The lowest BCUT2D eigenvalue weighted by atomic mass is 10.0. The Morgan fingerprint density at radius 2 is 2.14 bits per heavy atom. The van der Waals surface area contributed by atoms with Crippen molar-refractivity contribution in [1.29, 1.82) is 0 Å². The quantitative estimate of drug-likeness (QED) is 0.321. The molecule has 29 heavy (non-hydrogen) atoms.